The molecule has 6 nitrogen and oxygen atoms in total. The Hall–Kier alpha value is -2.41. The van der Waals surface area contributed by atoms with Crippen LogP contribution in [0.5, 0.6) is 0 Å². The number of benzene rings is 2. The van der Waals surface area contributed by atoms with Gasteiger partial charge in [-0.3, -0.25) is 24.6 Å². The molecule has 160 valence electrons. The molecule has 2 aromatic carbocycles. The van der Waals surface area contributed by atoms with E-state index in [0.717, 1.165) is 0 Å². The van der Waals surface area contributed by atoms with Crippen LogP contribution < -0.4 is 10.6 Å². The van der Waals surface area contributed by atoms with E-state index in [2.05, 4.69) is 10.6 Å². The molecule has 0 aliphatic carbocycles. The fourth-order valence-corrected chi connectivity index (χ4v) is 5.66. The predicted octanol–water partition coefficient (Wildman–Crippen LogP) is 3.57. The van der Waals surface area contributed by atoms with Crippen molar-refractivity contribution >= 4 is 46.6 Å². The zero-order chi connectivity index (χ0) is 22.1. The summed E-state index contributed by atoms with van der Waals surface area (Å²) in [5.74, 6) is -2.45. The van der Waals surface area contributed by atoms with E-state index in [1.165, 1.54) is 4.90 Å². The SMILES string of the molecule is CC(C)[C@@H]1N[C@]2(C(=O)Nc3ccc(Cl)cc32)[C@H]2C(=O)N(Cc3ccccc3Cl)C(=O)[C@H]12. The smallest absolute Gasteiger partial charge is 0.250 e. The van der Waals surface area contributed by atoms with Gasteiger partial charge in [0, 0.05) is 27.3 Å². The lowest BCUT2D eigenvalue weighted by Crippen LogP contribution is -2.53. The van der Waals surface area contributed by atoms with Crippen LogP contribution in [0.4, 0.5) is 5.69 Å². The average molecular weight is 458 g/mol. The summed E-state index contributed by atoms with van der Waals surface area (Å²) in [6, 6.07) is 11.9. The van der Waals surface area contributed by atoms with Gasteiger partial charge in [-0.15, -0.1) is 0 Å². The molecule has 5 rings (SSSR count). The van der Waals surface area contributed by atoms with Crippen LogP contribution in [-0.2, 0) is 26.5 Å². The summed E-state index contributed by atoms with van der Waals surface area (Å²) in [4.78, 5) is 41.8. The van der Waals surface area contributed by atoms with Crippen LogP contribution in [0, 0.1) is 17.8 Å². The molecule has 0 bridgehead atoms. The van der Waals surface area contributed by atoms with E-state index in [4.69, 9.17) is 23.2 Å². The minimum atomic E-state index is -1.33. The molecule has 3 aliphatic heterocycles. The summed E-state index contributed by atoms with van der Waals surface area (Å²) in [7, 11) is 0. The maximum atomic E-state index is 13.7. The lowest BCUT2D eigenvalue weighted by molar-refractivity contribution is -0.143. The molecule has 0 aromatic heterocycles. The molecule has 0 radical (unpaired) electrons. The molecule has 31 heavy (non-hydrogen) atoms. The Morgan fingerprint density at radius 2 is 1.81 bits per heavy atom. The monoisotopic (exact) mass is 457 g/mol. The van der Waals surface area contributed by atoms with E-state index in [1.807, 2.05) is 19.9 Å². The molecule has 1 spiro atoms. The van der Waals surface area contributed by atoms with Gasteiger partial charge >= 0.3 is 0 Å². The highest BCUT2D eigenvalue weighted by Crippen LogP contribution is 2.54. The van der Waals surface area contributed by atoms with E-state index in [-0.39, 0.29) is 36.2 Å². The molecule has 2 aromatic rings. The molecule has 2 fully saturated rings. The number of carbonyl (C=O) groups is 3. The van der Waals surface area contributed by atoms with Crippen LogP contribution in [0.3, 0.4) is 0 Å². The lowest BCUT2D eigenvalue weighted by Gasteiger charge is -2.30. The van der Waals surface area contributed by atoms with Gasteiger partial charge in [0.1, 0.15) is 5.54 Å². The summed E-state index contributed by atoms with van der Waals surface area (Å²) in [5.41, 5.74) is 0.578. The Bertz CT molecular complexity index is 1130. The third kappa shape index (κ3) is 2.78. The first kappa shape index (κ1) is 20.5. The number of hydrogen-bond donors (Lipinski definition) is 2. The van der Waals surface area contributed by atoms with Crippen molar-refractivity contribution in [3.8, 4) is 0 Å². The molecule has 4 atom stereocenters. The molecule has 3 aliphatic rings. The quantitative estimate of drug-likeness (QED) is 0.690. The zero-order valence-corrected chi connectivity index (χ0v) is 18.5. The van der Waals surface area contributed by atoms with Crippen molar-refractivity contribution in [3.63, 3.8) is 0 Å². The second-order valence-electron chi connectivity index (χ2n) is 8.72. The van der Waals surface area contributed by atoms with Gasteiger partial charge in [-0.1, -0.05) is 55.2 Å². The van der Waals surface area contributed by atoms with Gasteiger partial charge in [-0.25, -0.2) is 0 Å². The van der Waals surface area contributed by atoms with Gasteiger partial charge in [0.15, 0.2) is 0 Å². The standard InChI is InChI=1S/C23H21Cl2N3O3/c1-11(2)19-17-18(21(30)28(20(17)29)10-12-5-3-4-6-15(12)25)23(27-19)14-9-13(24)7-8-16(14)26-22(23)31/h3-9,11,17-19,27H,10H2,1-2H3,(H,26,31)/t17-,18+,19-,23-/m0/s1. The Balaban J connectivity index is 1.63. The summed E-state index contributed by atoms with van der Waals surface area (Å²) in [6.45, 7) is 4.04. The van der Waals surface area contributed by atoms with Crippen molar-refractivity contribution in [2.45, 2.75) is 32.0 Å². The fraction of sp³-hybridized carbons (Fsp3) is 0.348. The van der Waals surface area contributed by atoms with Crippen LogP contribution >= 0.6 is 23.2 Å². The number of nitrogens with zero attached hydrogens (tertiary/aromatic N) is 1. The van der Waals surface area contributed by atoms with Crippen molar-refractivity contribution < 1.29 is 14.4 Å². The summed E-state index contributed by atoms with van der Waals surface area (Å²) in [5, 5.41) is 7.22. The molecular weight excluding hydrogens is 437 g/mol. The Morgan fingerprint density at radius 3 is 2.52 bits per heavy atom. The van der Waals surface area contributed by atoms with Gasteiger partial charge in [0.25, 0.3) is 0 Å². The second-order valence-corrected chi connectivity index (χ2v) is 9.57. The van der Waals surface area contributed by atoms with Gasteiger partial charge in [-0.2, -0.15) is 0 Å². The molecule has 0 saturated carbocycles. The first-order valence-corrected chi connectivity index (χ1v) is 11.0. The van der Waals surface area contributed by atoms with E-state index in [0.29, 0.717) is 26.9 Å². The normalized spacial score (nSPS) is 29.1. The summed E-state index contributed by atoms with van der Waals surface area (Å²) in [6.07, 6.45) is 0. The number of carbonyl (C=O) groups excluding carboxylic acids is 3. The van der Waals surface area contributed by atoms with Crippen molar-refractivity contribution in [1.82, 2.24) is 10.2 Å². The van der Waals surface area contributed by atoms with E-state index in [1.54, 1.807) is 36.4 Å². The highest BCUT2D eigenvalue weighted by Gasteiger charge is 2.70. The van der Waals surface area contributed by atoms with Crippen LogP contribution in [-0.4, -0.2) is 28.7 Å². The molecule has 8 heteroatoms. The Labute approximate surface area is 189 Å². The number of fused-ring (bicyclic) bond motifs is 4. The molecule has 0 unspecified atom stereocenters. The third-order valence-electron chi connectivity index (χ3n) is 6.71. The number of amides is 3. The average Bonchev–Trinajstić information content (AvgIpc) is 3.31. The topological polar surface area (TPSA) is 78.5 Å². The summed E-state index contributed by atoms with van der Waals surface area (Å²) >= 11 is 12.5. The number of nitrogens with one attached hydrogen (secondary N) is 2. The molecule has 3 heterocycles. The molecule has 2 saturated heterocycles. The predicted molar refractivity (Wildman–Crippen MR) is 118 cm³/mol. The zero-order valence-electron chi connectivity index (χ0n) is 17.0. The Kier molecular flexibility index (Phi) is 4.66. The number of rotatable bonds is 3. The van der Waals surface area contributed by atoms with Gasteiger partial charge < -0.3 is 5.32 Å². The maximum absolute atomic E-state index is 13.7. The number of halogens is 2. The fourth-order valence-electron chi connectivity index (χ4n) is 5.29. The van der Waals surface area contributed by atoms with Gasteiger partial charge in [0.05, 0.1) is 18.4 Å². The number of likely N-dealkylation sites (tertiary alicyclic amines) is 1. The van der Waals surface area contributed by atoms with Crippen LogP contribution in [0.2, 0.25) is 10.0 Å². The van der Waals surface area contributed by atoms with E-state index >= 15 is 0 Å². The third-order valence-corrected chi connectivity index (χ3v) is 7.31. The van der Waals surface area contributed by atoms with Gasteiger partial charge in [0.2, 0.25) is 17.7 Å². The summed E-state index contributed by atoms with van der Waals surface area (Å²) < 4.78 is 0. The van der Waals surface area contributed by atoms with Crippen LogP contribution in [0.25, 0.3) is 0 Å². The first-order valence-electron chi connectivity index (χ1n) is 10.2. The largest absolute Gasteiger partial charge is 0.324 e. The highest BCUT2D eigenvalue weighted by atomic mass is 35.5. The Morgan fingerprint density at radius 1 is 1.06 bits per heavy atom. The minimum absolute atomic E-state index is 0.0277. The van der Waals surface area contributed by atoms with E-state index in [9.17, 15) is 14.4 Å². The van der Waals surface area contributed by atoms with Crippen LogP contribution in [0.15, 0.2) is 42.5 Å². The van der Waals surface area contributed by atoms with Gasteiger partial charge in [-0.05, 0) is 35.7 Å². The number of anilines is 1. The van der Waals surface area contributed by atoms with Crippen molar-refractivity contribution in [3.05, 3.63) is 63.6 Å². The van der Waals surface area contributed by atoms with Crippen molar-refractivity contribution in [2.24, 2.45) is 17.8 Å². The first-order chi connectivity index (χ1) is 14.8. The number of hydrogen-bond acceptors (Lipinski definition) is 4. The second kappa shape index (κ2) is 7.05. The lowest BCUT2D eigenvalue weighted by atomic mass is 9.76. The number of imide groups is 1. The highest BCUT2D eigenvalue weighted by molar-refractivity contribution is 6.31. The minimum Gasteiger partial charge on any atom is -0.324 e. The van der Waals surface area contributed by atoms with Crippen molar-refractivity contribution in [1.29, 1.82) is 0 Å². The molecular formula is C23H21Cl2N3O3. The van der Waals surface area contributed by atoms with Crippen molar-refractivity contribution in [2.75, 3.05) is 5.32 Å². The van der Waals surface area contributed by atoms with E-state index < -0.39 is 17.4 Å². The molecule has 2 N–H and O–H groups in total. The molecule has 3 amide bonds. The maximum Gasteiger partial charge on any atom is 0.250 e. The van der Waals surface area contributed by atoms with Crippen LogP contribution in [0.1, 0.15) is 25.0 Å².